The molecule has 1 unspecified atom stereocenters. The van der Waals surface area contributed by atoms with Crippen LogP contribution in [0.4, 0.5) is 10.1 Å². The van der Waals surface area contributed by atoms with Crippen LogP contribution in [-0.4, -0.2) is 49.5 Å². The zero-order valence-electron chi connectivity index (χ0n) is 19.6. The molecule has 0 aliphatic rings. The molecule has 0 aromatic heterocycles. The van der Waals surface area contributed by atoms with Crippen molar-refractivity contribution in [1.29, 1.82) is 0 Å². The van der Waals surface area contributed by atoms with Gasteiger partial charge in [0.05, 0.1) is 17.0 Å². The number of hydrogen-bond donors (Lipinski definition) is 1. The third-order valence-electron chi connectivity index (χ3n) is 4.78. The van der Waals surface area contributed by atoms with Crippen molar-refractivity contribution in [3.63, 3.8) is 0 Å². The van der Waals surface area contributed by atoms with E-state index in [-0.39, 0.29) is 23.2 Å². The molecule has 0 radical (unpaired) electrons. The molecule has 2 aromatic rings. The molecule has 34 heavy (non-hydrogen) atoms. The molecule has 1 N–H and O–H groups in total. The fourth-order valence-electron chi connectivity index (χ4n) is 3.14. The highest BCUT2D eigenvalue weighted by molar-refractivity contribution is 9.10. The lowest BCUT2D eigenvalue weighted by Crippen LogP contribution is -2.54. The van der Waals surface area contributed by atoms with Crippen molar-refractivity contribution >= 4 is 55.1 Å². The monoisotopic (exact) mass is 575 g/mol. The summed E-state index contributed by atoms with van der Waals surface area (Å²) in [6.07, 6.45) is 0.936. The Balaban J connectivity index is 2.43. The van der Waals surface area contributed by atoms with Crippen LogP contribution in [0.25, 0.3) is 0 Å². The Kier molecular flexibility index (Phi) is 9.12. The van der Waals surface area contributed by atoms with Crippen LogP contribution in [0.3, 0.4) is 0 Å². The maximum absolute atomic E-state index is 13.6. The lowest BCUT2D eigenvalue weighted by molar-refractivity contribution is -0.140. The van der Waals surface area contributed by atoms with Crippen LogP contribution < -0.4 is 9.62 Å². The Bertz CT molecular complexity index is 1170. The van der Waals surface area contributed by atoms with Crippen molar-refractivity contribution in [2.24, 2.45) is 0 Å². The second-order valence-electron chi connectivity index (χ2n) is 8.93. The molecule has 0 aliphatic heterocycles. The number of carbonyl (C=O) groups excluding carboxylic acids is 2. The van der Waals surface area contributed by atoms with Gasteiger partial charge in [0.15, 0.2) is 0 Å². The Hall–Kier alpha value is -2.17. The number of carbonyl (C=O) groups is 2. The summed E-state index contributed by atoms with van der Waals surface area (Å²) in [6.45, 7) is 6.52. The number of rotatable bonds is 8. The predicted molar refractivity (Wildman–Crippen MR) is 136 cm³/mol. The Morgan fingerprint density at radius 2 is 1.82 bits per heavy atom. The third kappa shape index (κ3) is 7.95. The Labute approximate surface area is 213 Å². The molecular weight excluding hydrogens is 549 g/mol. The minimum atomic E-state index is -3.93. The van der Waals surface area contributed by atoms with Gasteiger partial charge in [-0.3, -0.25) is 13.9 Å². The van der Waals surface area contributed by atoms with Crippen LogP contribution in [0.5, 0.6) is 0 Å². The average Bonchev–Trinajstić information content (AvgIpc) is 2.69. The van der Waals surface area contributed by atoms with Gasteiger partial charge >= 0.3 is 0 Å². The molecule has 2 aromatic carbocycles. The number of nitrogens with zero attached hydrogens (tertiary/aromatic N) is 2. The quantitative estimate of drug-likeness (QED) is 0.507. The predicted octanol–water partition coefficient (Wildman–Crippen LogP) is 4.34. The van der Waals surface area contributed by atoms with Crippen LogP contribution in [0.2, 0.25) is 5.02 Å². The van der Waals surface area contributed by atoms with Gasteiger partial charge in [-0.25, -0.2) is 12.8 Å². The summed E-state index contributed by atoms with van der Waals surface area (Å²) in [7, 11) is -3.93. The lowest BCUT2D eigenvalue weighted by Gasteiger charge is -2.33. The summed E-state index contributed by atoms with van der Waals surface area (Å²) in [5, 5.41) is 2.57. The summed E-state index contributed by atoms with van der Waals surface area (Å²) in [5.41, 5.74) is 0.254. The molecule has 186 valence electrons. The number of anilines is 1. The van der Waals surface area contributed by atoms with Gasteiger partial charge in [-0.2, -0.15) is 0 Å². The van der Waals surface area contributed by atoms with Gasteiger partial charge in [-0.05, 0) is 63.6 Å². The van der Waals surface area contributed by atoms with Crippen molar-refractivity contribution < 1.29 is 22.4 Å². The highest BCUT2D eigenvalue weighted by atomic mass is 79.9. The third-order valence-corrected chi connectivity index (χ3v) is 6.70. The highest BCUT2D eigenvalue weighted by Gasteiger charge is 2.31. The number of halogens is 3. The number of benzene rings is 2. The topological polar surface area (TPSA) is 86.8 Å². The molecule has 7 nitrogen and oxygen atoms in total. The van der Waals surface area contributed by atoms with Crippen molar-refractivity contribution in [2.75, 3.05) is 17.1 Å². The number of sulfonamides is 1. The minimum absolute atomic E-state index is 0.0384. The van der Waals surface area contributed by atoms with Crippen LogP contribution >= 0.6 is 27.5 Å². The summed E-state index contributed by atoms with van der Waals surface area (Å²) < 4.78 is 40.3. The van der Waals surface area contributed by atoms with Gasteiger partial charge in [0.25, 0.3) is 0 Å². The van der Waals surface area contributed by atoms with Crippen molar-refractivity contribution in [3.8, 4) is 0 Å². The number of amides is 2. The van der Waals surface area contributed by atoms with Crippen LogP contribution in [0.1, 0.15) is 33.3 Å². The van der Waals surface area contributed by atoms with Gasteiger partial charge in [-0.1, -0.05) is 39.7 Å². The van der Waals surface area contributed by atoms with Crippen LogP contribution in [-0.2, 0) is 26.2 Å². The summed E-state index contributed by atoms with van der Waals surface area (Å²) in [6, 6.07) is 9.72. The first-order chi connectivity index (χ1) is 15.6. The summed E-state index contributed by atoms with van der Waals surface area (Å²) in [4.78, 5) is 27.7. The fourth-order valence-corrected chi connectivity index (χ4v) is 4.61. The first kappa shape index (κ1) is 28.1. The summed E-state index contributed by atoms with van der Waals surface area (Å²) >= 11 is 9.22. The van der Waals surface area contributed by atoms with Gasteiger partial charge in [0, 0.05) is 16.6 Å². The largest absolute Gasteiger partial charge is 0.350 e. The van der Waals surface area contributed by atoms with E-state index in [0.717, 1.165) is 32.7 Å². The van der Waals surface area contributed by atoms with E-state index in [1.165, 1.54) is 11.0 Å². The second-order valence-corrected chi connectivity index (χ2v) is 12.2. The Morgan fingerprint density at radius 3 is 2.35 bits per heavy atom. The van der Waals surface area contributed by atoms with Gasteiger partial charge in [0.2, 0.25) is 21.8 Å². The molecule has 11 heteroatoms. The molecule has 2 rings (SSSR count). The number of nitrogens with one attached hydrogen (secondary N) is 1. The average molecular weight is 577 g/mol. The molecule has 0 saturated carbocycles. The highest BCUT2D eigenvalue weighted by Crippen LogP contribution is 2.25. The lowest BCUT2D eigenvalue weighted by atomic mass is 10.1. The van der Waals surface area contributed by atoms with Gasteiger partial charge in [0.1, 0.15) is 18.4 Å². The maximum atomic E-state index is 13.6. The Morgan fingerprint density at radius 1 is 1.18 bits per heavy atom. The number of hydrogen-bond acceptors (Lipinski definition) is 4. The van der Waals surface area contributed by atoms with E-state index in [1.807, 2.05) is 32.9 Å². The van der Waals surface area contributed by atoms with Crippen molar-refractivity contribution in [1.82, 2.24) is 10.2 Å². The van der Waals surface area contributed by atoms with E-state index >= 15 is 0 Å². The molecule has 1 atom stereocenters. The molecule has 0 heterocycles. The van der Waals surface area contributed by atoms with E-state index in [1.54, 1.807) is 19.1 Å². The van der Waals surface area contributed by atoms with E-state index < -0.39 is 39.9 Å². The first-order valence-corrected chi connectivity index (χ1v) is 13.4. The fraction of sp³-hybridized carbons (Fsp3) is 0.391. The van der Waals surface area contributed by atoms with E-state index in [2.05, 4.69) is 21.2 Å². The van der Waals surface area contributed by atoms with Gasteiger partial charge < -0.3 is 10.2 Å². The standard InChI is InChI=1S/C23H28BrClFN3O4S/c1-15(22(31)27-23(2,3)4)28(13-16-7-6-8-17(24)11-16)21(30)14-29(34(5,32)33)18-9-10-20(26)19(25)12-18/h6-12,15H,13-14H2,1-5H3,(H,27,31). The van der Waals surface area contributed by atoms with Crippen molar-refractivity contribution in [2.45, 2.75) is 45.8 Å². The molecule has 0 bridgehead atoms. The first-order valence-electron chi connectivity index (χ1n) is 10.4. The zero-order chi connectivity index (χ0) is 25.8. The van der Waals surface area contributed by atoms with E-state index in [9.17, 15) is 22.4 Å². The molecular formula is C23H28BrClFN3O4S. The van der Waals surface area contributed by atoms with Crippen LogP contribution in [0, 0.1) is 5.82 Å². The van der Waals surface area contributed by atoms with E-state index in [4.69, 9.17) is 11.6 Å². The molecule has 0 aliphatic carbocycles. The molecule has 2 amide bonds. The molecule has 0 fully saturated rings. The normalized spacial score (nSPS) is 12.7. The van der Waals surface area contributed by atoms with Crippen molar-refractivity contribution in [3.05, 3.63) is 63.3 Å². The van der Waals surface area contributed by atoms with Crippen LogP contribution in [0.15, 0.2) is 46.9 Å². The maximum Gasteiger partial charge on any atom is 0.244 e. The molecule has 0 saturated heterocycles. The second kappa shape index (κ2) is 11.0. The molecule has 0 spiro atoms. The zero-order valence-corrected chi connectivity index (χ0v) is 22.8. The SMILES string of the molecule is CC(C(=O)NC(C)(C)C)N(Cc1cccc(Br)c1)C(=O)CN(c1ccc(F)c(Cl)c1)S(C)(=O)=O. The summed E-state index contributed by atoms with van der Waals surface area (Å²) in [5.74, 6) is -1.71. The minimum Gasteiger partial charge on any atom is -0.350 e. The smallest absolute Gasteiger partial charge is 0.244 e. The van der Waals surface area contributed by atoms with E-state index in [0.29, 0.717) is 0 Å². The van der Waals surface area contributed by atoms with Gasteiger partial charge in [-0.15, -0.1) is 0 Å².